The van der Waals surface area contributed by atoms with E-state index in [0.717, 1.165) is 5.35 Å². The molecule has 11 heavy (non-hydrogen) atoms. The van der Waals surface area contributed by atoms with Crippen LogP contribution in [0.25, 0.3) is 12.7 Å². The van der Waals surface area contributed by atoms with E-state index in [-0.39, 0.29) is 0 Å². The third kappa shape index (κ3) is 2.46. The normalized spacial score (nSPS) is 10.5. The summed E-state index contributed by atoms with van der Waals surface area (Å²) in [5, 5.41) is 2.21. The number of aryl methyl sites for hydroxylation is 1. The SMILES string of the molecule is C=C.C=c1[nH]c(C)c/c1=C/C. The molecule has 0 aliphatic carbocycles. The van der Waals surface area contributed by atoms with Gasteiger partial charge in [-0.2, -0.15) is 0 Å². The summed E-state index contributed by atoms with van der Waals surface area (Å²) in [5.74, 6) is 0. The molecule has 0 atom stereocenters. The van der Waals surface area contributed by atoms with Gasteiger partial charge >= 0.3 is 0 Å². The van der Waals surface area contributed by atoms with Crippen LogP contribution in [0.2, 0.25) is 0 Å². The number of hydrogen-bond acceptors (Lipinski definition) is 0. The zero-order chi connectivity index (χ0) is 8.85. The van der Waals surface area contributed by atoms with E-state index in [0.29, 0.717) is 0 Å². The summed E-state index contributed by atoms with van der Waals surface area (Å²) < 4.78 is 0. The van der Waals surface area contributed by atoms with E-state index in [2.05, 4.69) is 30.8 Å². The van der Waals surface area contributed by atoms with Crippen LogP contribution in [0.15, 0.2) is 19.2 Å². The average Bonchev–Trinajstić information content (AvgIpc) is 2.33. The average molecular weight is 149 g/mol. The van der Waals surface area contributed by atoms with Crippen LogP contribution in [-0.4, -0.2) is 4.98 Å². The maximum absolute atomic E-state index is 3.83. The molecule has 0 aliphatic heterocycles. The van der Waals surface area contributed by atoms with Crippen LogP contribution in [0.5, 0.6) is 0 Å². The Morgan fingerprint density at radius 2 is 2.00 bits per heavy atom. The number of H-pyrrole nitrogens is 1. The molecule has 0 radical (unpaired) electrons. The molecule has 1 nitrogen and oxygen atoms in total. The molecule has 0 saturated heterocycles. The van der Waals surface area contributed by atoms with Crippen molar-refractivity contribution in [3.05, 3.63) is 35.5 Å². The molecule has 0 aromatic carbocycles. The van der Waals surface area contributed by atoms with E-state index in [9.17, 15) is 0 Å². The zero-order valence-electron chi connectivity index (χ0n) is 7.28. The predicted octanol–water partition coefficient (Wildman–Crippen LogP) is 1.34. The number of aromatic nitrogens is 1. The fraction of sp³-hybridized carbons (Fsp3) is 0.200. The van der Waals surface area contributed by atoms with E-state index in [4.69, 9.17) is 0 Å². The number of aromatic amines is 1. The van der Waals surface area contributed by atoms with Crippen molar-refractivity contribution >= 4 is 12.7 Å². The van der Waals surface area contributed by atoms with Gasteiger partial charge in [0.1, 0.15) is 0 Å². The van der Waals surface area contributed by atoms with Crippen molar-refractivity contribution in [3.8, 4) is 0 Å². The van der Waals surface area contributed by atoms with Gasteiger partial charge in [0.15, 0.2) is 0 Å². The van der Waals surface area contributed by atoms with Gasteiger partial charge in [-0.15, -0.1) is 13.2 Å². The first-order valence-corrected chi connectivity index (χ1v) is 3.55. The van der Waals surface area contributed by atoms with E-state index < -0.39 is 0 Å². The van der Waals surface area contributed by atoms with Crippen LogP contribution in [0.4, 0.5) is 0 Å². The minimum atomic E-state index is 1.01. The third-order valence-electron chi connectivity index (χ3n) is 1.38. The lowest BCUT2D eigenvalue weighted by Crippen LogP contribution is -2.18. The lowest BCUT2D eigenvalue weighted by Gasteiger charge is -1.72. The summed E-state index contributed by atoms with van der Waals surface area (Å²) in [5.41, 5.74) is 1.17. The highest BCUT2D eigenvalue weighted by molar-refractivity contribution is 5.23. The molecule has 0 saturated carbocycles. The van der Waals surface area contributed by atoms with E-state index >= 15 is 0 Å². The van der Waals surface area contributed by atoms with Gasteiger partial charge in [-0.1, -0.05) is 12.7 Å². The maximum atomic E-state index is 3.83. The Morgan fingerprint density at radius 3 is 2.18 bits per heavy atom. The minimum absolute atomic E-state index is 1.01. The molecule has 0 bridgehead atoms. The molecule has 1 N–H and O–H groups in total. The molecule has 0 spiro atoms. The van der Waals surface area contributed by atoms with Crippen molar-refractivity contribution in [2.24, 2.45) is 0 Å². The molecular formula is C10H15N. The van der Waals surface area contributed by atoms with Gasteiger partial charge in [0, 0.05) is 11.0 Å². The molecule has 0 aliphatic rings. The van der Waals surface area contributed by atoms with Crippen LogP contribution in [0.3, 0.4) is 0 Å². The first-order chi connectivity index (χ1) is 5.24. The first kappa shape index (κ1) is 9.76. The quantitative estimate of drug-likeness (QED) is 0.536. The highest BCUT2D eigenvalue weighted by Crippen LogP contribution is 1.77. The Balaban J connectivity index is 0.000000461. The van der Waals surface area contributed by atoms with E-state index in [1.165, 1.54) is 10.9 Å². The second kappa shape index (κ2) is 4.56. The molecule has 0 unspecified atom stereocenters. The van der Waals surface area contributed by atoms with Crippen LogP contribution in [-0.2, 0) is 0 Å². The summed E-state index contributed by atoms with van der Waals surface area (Å²) in [6.45, 7) is 13.9. The lowest BCUT2D eigenvalue weighted by molar-refractivity contribution is 1.22. The Bertz CT molecular complexity index is 306. The summed E-state index contributed by atoms with van der Waals surface area (Å²) in [6.07, 6.45) is 2.05. The number of nitrogens with one attached hydrogen (secondary N) is 1. The predicted molar refractivity (Wildman–Crippen MR) is 51.7 cm³/mol. The Kier molecular flexibility index (Phi) is 4.04. The molecule has 1 rings (SSSR count). The highest BCUT2D eigenvalue weighted by Gasteiger charge is 1.84. The van der Waals surface area contributed by atoms with Gasteiger partial charge in [-0.25, -0.2) is 0 Å². The summed E-state index contributed by atoms with van der Waals surface area (Å²) >= 11 is 0. The molecule has 0 amide bonds. The zero-order valence-corrected chi connectivity index (χ0v) is 7.28. The van der Waals surface area contributed by atoms with Gasteiger partial charge in [0.2, 0.25) is 0 Å². The van der Waals surface area contributed by atoms with Gasteiger partial charge < -0.3 is 4.98 Å². The molecule has 1 heteroatoms. The molecule has 0 fully saturated rings. The fourth-order valence-corrected chi connectivity index (χ4v) is 0.924. The van der Waals surface area contributed by atoms with Crippen molar-refractivity contribution in [2.75, 3.05) is 0 Å². The second-order valence-corrected chi connectivity index (χ2v) is 2.17. The van der Waals surface area contributed by atoms with Crippen molar-refractivity contribution in [1.29, 1.82) is 0 Å². The number of rotatable bonds is 0. The van der Waals surface area contributed by atoms with Gasteiger partial charge in [-0.05, 0) is 25.1 Å². The topological polar surface area (TPSA) is 15.8 Å². The second-order valence-electron chi connectivity index (χ2n) is 2.17. The standard InChI is InChI=1S/C8H11N.C2H4/c1-4-8-5-6(2)9-7(8)3;1-2/h4-5,9H,3H2,1-2H3;1-2H2/b8-4-;. The lowest BCUT2D eigenvalue weighted by atomic mass is 10.4. The Labute approximate surface area is 67.8 Å². The van der Waals surface area contributed by atoms with Crippen LogP contribution in [0, 0.1) is 6.92 Å². The van der Waals surface area contributed by atoms with Gasteiger partial charge in [0.25, 0.3) is 0 Å². The first-order valence-electron chi connectivity index (χ1n) is 3.55. The molecule has 60 valence electrons. The van der Waals surface area contributed by atoms with Crippen molar-refractivity contribution in [2.45, 2.75) is 13.8 Å². The van der Waals surface area contributed by atoms with Crippen molar-refractivity contribution < 1.29 is 0 Å². The molecule has 1 aromatic rings. The highest BCUT2D eigenvalue weighted by atomic mass is 14.7. The van der Waals surface area contributed by atoms with Crippen LogP contribution >= 0.6 is 0 Å². The van der Waals surface area contributed by atoms with E-state index in [1.54, 1.807) is 0 Å². The fourth-order valence-electron chi connectivity index (χ4n) is 0.924. The van der Waals surface area contributed by atoms with Crippen LogP contribution < -0.4 is 10.6 Å². The molecule has 1 aromatic heterocycles. The molecule has 1 heterocycles. The van der Waals surface area contributed by atoms with Gasteiger partial charge in [-0.3, -0.25) is 0 Å². The molecular weight excluding hydrogens is 134 g/mol. The summed E-state index contributed by atoms with van der Waals surface area (Å²) in [7, 11) is 0. The van der Waals surface area contributed by atoms with E-state index in [1.807, 2.05) is 19.9 Å². The van der Waals surface area contributed by atoms with Crippen molar-refractivity contribution in [1.82, 2.24) is 4.98 Å². The van der Waals surface area contributed by atoms with Crippen molar-refractivity contribution in [3.63, 3.8) is 0 Å². The summed E-state index contributed by atoms with van der Waals surface area (Å²) in [6, 6.07) is 2.09. The third-order valence-corrected chi connectivity index (χ3v) is 1.38. The maximum Gasteiger partial charge on any atom is 0.0379 e. The van der Waals surface area contributed by atoms with Gasteiger partial charge in [0.05, 0.1) is 0 Å². The smallest absolute Gasteiger partial charge is 0.0379 e. The minimum Gasteiger partial charge on any atom is -0.359 e. The largest absolute Gasteiger partial charge is 0.359 e. The Morgan fingerprint density at radius 1 is 1.45 bits per heavy atom. The monoisotopic (exact) mass is 149 g/mol. The number of hydrogen-bond donors (Lipinski definition) is 1. The summed E-state index contributed by atoms with van der Waals surface area (Å²) in [4.78, 5) is 3.12. The Hall–Kier alpha value is -1.24. The van der Waals surface area contributed by atoms with Crippen LogP contribution in [0.1, 0.15) is 12.6 Å².